The van der Waals surface area contributed by atoms with Crippen LogP contribution in [-0.2, 0) is 0 Å². The normalized spacial score (nSPS) is 19.3. The van der Waals surface area contributed by atoms with Crippen LogP contribution in [0.2, 0.25) is 0 Å². The zero-order valence-electron chi connectivity index (χ0n) is 10.9. The SMILES string of the molecule is COc1ccc(C(=O)[C@H]2CCCNC2)cc1OC. The largest absolute Gasteiger partial charge is 0.493 e. The minimum Gasteiger partial charge on any atom is -0.493 e. The minimum atomic E-state index is 0.0804. The number of piperidine rings is 1. The van der Waals surface area contributed by atoms with Gasteiger partial charge in [0.25, 0.3) is 0 Å². The first-order valence-corrected chi connectivity index (χ1v) is 6.23. The molecule has 0 spiro atoms. The summed E-state index contributed by atoms with van der Waals surface area (Å²) in [5.41, 5.74) is 0.696. The number of methoxy groups -OCH3 is 2. The second-order valence-electron chi connectivity index (χ2n) is 4.48. The van der Waals surface area contributed by atoms with E-state index < -0.39 is 0 Å². The van der Waals surface area contributed by atoms with Crippen LogP contribution < -0.4 is 14.8 Å². The van der Waals surface area contributed by atoms with E-state index in [-0.39, 0.29) is 11.7 Å². The van der Waals surface area contributed by atoms with Crippen LogP contribution in [0.5, 0.6) is 11.5 Å². The van der Waals surface area contributed by atoms with Gasteiger partial charge in [-0.1, -0.05) is 0 Å². The van der Waals surface area contributed by atoms with Crippen molar-refractivity contribution in [1.82, 2.24) is 5.32 Å². The zero-order chi connectivity index (χ0) is 13.0. The third-order valence-electron chi connectivity index (χ3n) is 3.34. The lowest BCUT2D eigenvalue weighted by Gasteiger charge is -2.21. The number of ether oxygens (including phenoxy) is 2. The van der Waals surface area contributed by atoms with Gasteiger partial charge in [0.05, 0.1) is 14.2 Å². The Hall–Kier alpha value is -1.55. The van der Waals surface area contributed by atoms with E-state index in [4.69, 9.17) is 9.47 Å². The molecule has 1 saturated heterocycles. The number of benzene rings is 1. The maximum absolute atomic E-state index is 12.3. The van der Waals surface area contributed by atoms with E-state index in [2.05, 4.69) is 5.32 Å². The van der Waals surface area contributed by atoms with Crippen molar-refractivity contribution in [3.05, 3.63) is 23.8 Å². The molecule has 1 aliphatic rings. The molecule has 0 aromatic heterocycles. The first-order chi connectivity index (χ1) is 8.76. The predicted octanol–water partition coefficient (Wildman–Crippen LogP) is 1.89. The second kappa shape index (κ2) is 5.87. The highest BCUT2D eigenvalue weighted by atomic mass is 16.5. The predicted molar refractivity (Wildman–Crippen MR) is 69.5 cm³/mol. The fourth-order valence-corrected chi connectivity index (χ4v) is 2.30. The second-order valence-corrected chi connectivity index (χ2v) is 4.48. The highest BCUT2D eigenvalue weighted by molar-refractivity contribution is 5.98. The van der Waals surface area contributed by atoms with Crippen molar-refractivity contribution in [2.45, 2.75) is 12.8 Å². The van der Waals surface area contributed by atoms with Crippen molar-refractivity contribution >= 4 is 5.78 Å². The maximum Gasteiger partial charge on any atom is 0.167 e. The summed E-state index contributed by atoms with van der Waals surface area (Å²) < 4.78 is 10.4. The van der Waals surface area contributed by atoms with E-state index in [0.717, 1.165) is 25.9 Å². The van der Waals surface area contributed by atoms with E-state index in [1.54, 1.807) is 32.4 Å². The smallest absolute Gasteiger partial charge is 0.167 e. The Morgan fingerprint density at radius 2 is 2.06 bits per heavy atom. The molecule has 1 fully saturated rings. The highest BCUT2D eigenvalue weighted by Crippen LogP contribution is 2.29. The van der Waals surface area contributed by atoms with E-state index in [0.29, 0.717) is 17.1 Å². The molecule has 0 unspecified atom stereocenters. The van der Waals surface area contributed by atoms with Gasteiger partial charge in [-0.25, -0.2) is 0 Å². The highest BCUT2D eigenvalue weighted by Gasteiger charge is 2.23. The molecule has 1 atom stereocenters. The van der Waals surface area contributed by atoms with Gasteiger partial charge >= 0.3 is 0 Å². The standard InChI is InChI=1S/C14H19NO3/c1-17-12-6-5-10(8-13(12)18-2)14(16)11-4-3-7-15-9-11/h5-6,8,11,15H,3-4,7,9H2,1-2H3/t11-/m0/s1. The summed E-state index contributed by atoms with van der Waals surface area (Å²) >= 11 is 0. The number of carbonyl (C=O) groups excluding carboxylic acids is 1. The molecule has 0 radical (unpaired) electrons. The molecule has 1 heterocycles. The zero-order valence-corrected chi connectivity index (χ0v) is 10.9. The molecule has 4 heteroatoms. The molecule has 4 nitrogen and oxygen atoms in total. The van der Waals surface area contributed by atoms with Gasteiger partial charge in [0, 0.05) is 18.0 Å². The number of hydrogen-bond acceptors (Lipinski definition) is 4. The molecule has 1 aromatic carbocycles. The van der Waals surface area contributed by atoms with Crippen molar-refractivity contribution in [2.75, 3.05) is 27.3 Å². The van der Waals surface area contributed by atoms with Crippen LogP contribution in [0.3, 0.4) is 0 Å². The third-order valence-corrected chi connectivity index (χ3v) is 3.34. The van der Waals surface area contributed by atoms with Crippen LogP contribution in [-0.4, -0.2) is 33.1 Å². The lowest BCUT2D eigenvalue weighted by molar-refractivity contribution is 0.0899. The molecular weight excluding hydrogens is 230 g/mol. The summed E-state index contributed by atoms with van der Waals surface area (Å²) in [6.45, 7) is 1.78. The van der Waals surface area contributed by atoms with Crippen LogP contribution in [0.1, 0.15) is 23.2 Å². The summed E-state index contributed by atoms with van der Waals surface area (Å²) in [6.07, 6.45) is 2.02. The summed E-state index contributed by atoms with van der Waals surface area (Å²) in [5.74, 6) is 1.52. The fraction of sp³-hybridized carbons (Fsp3) is 0.500. The molecule has 0 aliphatic carbocycles. The Morgan fingerprint density at radius 1 is 1.28 bits per heavy atom. The maximum atomic E-state index is 12.3. The average molecular weight is 249 g/mol. The fourth-order valence-electron chi connectivity index (χ4n) is 2.30. The number of rotatable bonds is 4. The van der Waals surface area contributed by atoms with Gasteiger partial charge in [-0.15, -0.1) is 0 Å². The van der Waals surface area contributed by atoms with E-state index >= 15 is 0 Å². The summed E-state index contributed by atoms with van der Waals surface area (Å²) in [7, 11) is 3.17. The number of ketones is 1. The van der Waals surface area contributed by atoms with Crippen LogP contribution in [0.25, 0.3) is 0 Å². The van der Waals surface area contributed by atoms with Gasteiger partial charge in [-0.2, -0.15) is 0 Å². The molecule has 2 rings (SSSR count). The van der Waals surface area contributed by atoms with Gasteiger partial charge in [0.2, 0.25) is 0 Å². The summed E-state index contributed by atoms with van der Waals surface area (Å²) in [4.78, 5) is 12.3. The Morgan fingerprint density at radius 3 is 2.67 bits per heavy atom. The third kappa shape index (κ3) is 2.64. The molecule has 18 heavy (non-hydrogen) atoms. The summed E-state index contributed by atoms with van der Waals surface area (Å²) in [6, 6.07) is 5.34. The van der Waals surface area contributed by atoms with Crippen molar-refractivity contribution in [3.8, 4) is 11.5 Å². The van der Waals surface area contributed by atoms with Crippen molar-refractivity contribution in [2.24, 2.45) is 5.92 Å². The minimum absolute atomic E-state index is 0.0804. The first kappa shape index (κ1) is 12.9. The number of carbonyl (C=O) groups is 1. The molecule has 0 bridgehead atoms. The molecule has 0 amide bonds. The van der Waals surface area contributed by atoms with Gasteiger partial charge in [-0.05, 0) is 37.6 Å². The first-order valence-electron chi connectivity index (χ1n) is 6.23. The number of nitrogens with one attached hydrogen (secondary N) is 1. The van der Waals surface area contributed by atoms with Gasteiger partial charge in [-0.3, -0.25) is 4.79 Å². The van der Waals surface area contributed by atoms with E-state index in [1.807, 2.05) is 0 Å². The quantitative estimate of drug-likeness (QED) is 0.828. The molecule has 1 N–H and O–H groups in total. The van der Waals surface area contributed by atoms with Crippen molar-refractivity contribution in [3.63, 3.8) is 0 Å². The summed E-state index contributed by atoms with van der Waals surface area (Å²) in [5, 5.41) is 3.26. The molecule has 1 aliphatic heterocycles. The van der Waals surface area contributed by atoms with Crippen LogP contribution in [0.4, 0.5) is 0 Å². The lowest BCUT2D eigenvalue weighted by atomic mass is 9.91. The number of Topliss-reactive ketones (excluding diaryl/α,β-unsaturated/α-hetero) is 1. The van der Waals surface area contributed by atoms with Crippen LogP contribution >= 0.6 is 0 Å². The van der Waals surface area contributed by atoms with Crippen LogP contribution in [0, 0.1) is 5.92 Å². The Labute approximate surface area is 107 Å². The topological polar surface area (TPSA) is 47.6 Å². The van der Waals surface area contributed by atoms with E-state index in [1.165, 1.54) is 0 Å². The molecule has 98 valence electrons. The number of hydrogen-bond donors (Lipinski definition) is 1. The van der Waals surface area contributed by atoms with Gasteiger partial charge in [0.15, 0.2) is 17.3 Å². The van der Waals surface area contributed by atoms with Gasteiger partial charge in [0.1, 0.15) is 0 Å². The Kier molecular flexibility index (Phi) is 4.20. The van der Waals surface area contributed by atoms with Crippen LogP contribution in [0.15, 0.2) is 18.2 Å². The average Bonchev–Trinajstić information content (AvgIpc) is 2.46. The van der Waals surface area contributed by atoms with E-state index in [9.17, 15) is 4.79 Å². The Balaban J connectivity index is 2.19. The molecular formula is C14H19NO3. The van der Waals surface area contributed by atoms with Gasteiger partial charge < -0.3 is 14.8 Å². The molecule has 1 aromatic rings. The Bertz CT molecular complexity index is 425. The molecule has 0 saturated carbocycles. The van der Waals surface area contributed by atoms with Crippen molar-refractivity contribution in [1.29, 1.82) is 0 Å². The van der Waals surface area contributed by atoms with Crippen molar-refractivity contribution < 1.29 is 14.3 Å². The lowest BCUT2D eigenvalue weighted by Crippen LogP contribution is -2.34. The monoisotopic (exact) mass is 249 g/mol.